The topological polar surface area (TPSA) is 44.1 Å². The van der Waals surface area contributed by atoms with E-state index in [-0.39, 0.29) is 5.78 Å². The first-order chi connectivity index (χ1) is 12.2. The maximum atomic E-state index is 12.1. The second-order valence-electron chi connectivity index (χ2n) is 6.16. The Morgan fingerprint density at radius 3 is 2.76 bits per heavy atom. The van der Waals surface area contributed by atoms with Gasteiger partial charge in [0, 0.05) is 36.9 Å². The van der Waals surface area contributed by atoms with Crippen molar-refractivity contribution in [3.05, 3.63) is 78.1 Å². The van der Waals surface area contributed by atoms with Gasteiger partial charge in [0.05, 0.1) is 6.20 Å². The fraction of sp³-hybridized carbons (Fsp3) is 0.143. The average Bonchev–Trinajstić information content (AvgIpc) is 2.99. The smallest absolute Gasteiger partial charge is 0.159 e. The van der Waals surface area contributed by atoms with Crippen molar-refractivity contribution in [3.8, 4) is 16.9 Å². The monoisotopic (exact) mass is 330 g/mol. The molecule has 0 fully saturated rings. The molecular formula is C21H18N2O2. The van der Waals surface area contributed by atoms with E-state index in [1.54, 1.807) is 10.8 Å². The van der Waals surface area contributed by atoms with E-state index in [0.717, 1.165) is 28.7 Å². The lowest BCUT2D eigenvalue weighted by Crippen LogP contribution is -1.98. The third-order valence-corrected chi connectivity index (χ3v) is 4.32. The van der Waals surface area contributed by atoms with Gasteiger partial charge < -0.3 is 4.74 Å². The van der Waals surface area contributed by atoms with E-state index in [9.17, 15) is 4.79 Å². The maximum Gasteiger partial charge on any atom is 0.159 e. The highest BCUT2D eigenvalue weighted by Crippen LogP contribution is 2.29. The van der Waals surface area contributed by atoms with Gasteiger partial charge in [-0.1, -0.05) is 36.4 Å². The number of nitrogens with zero attached hydrogens (tertiary/aromatic N) is 2. The molecular weight excluding hydrogens is 312 g/mol. The number of carbonyl (C=O) groups is 1. The standard InChI is InChI=1S/C21H18N2O2/c1-23-14-17(13-22-23)16-6-4-7-19(11-16)25-21-12-18(24)10-9-15-5-2-3-8-20(15)21/h2-8,11-14H,9-10H2,1H3. The lowest BCUT2D eigenvalue weighted by Gasteiger charge is -2.12. The summed E-state index contributed by atoms with van der Waals surface area (Å²) in [5.41, 5.74) is 4.18. The van der Waals surface area contributed by atoms with Crippen molar-refractivity contribution in [2.75, 3.05) is 0 Å². The SMILES string of the molecule is Cn1cc(-c2cccc(OC3=CC(=O)CCc4ccccc43)c2)cn1. The number of fused-ring (bicyclic) bond motifs is 1. The van der Waals surface area contributed by atoms with Crippen LogP contribution in [0.5, 0.6) is 5.75 Å². The lowest BCUT2D eigenvalue weighted by molar-refractivity contribution is -0.114. The summed E-state index contributed by atoms with van der Waals surface area (Å²) in [6.45, 7) is 0. The zero-order valence-electron chi connectivity index (χ0n) is 14.0. The zero-order valence-corrected chi connectivity index (χ0v) is 14.0. The van der Waals surface area contributed by atoms with Crippen LogP contribution in [-0.2, 0) is 18.3 Å². The van der Waals surface area contributed by atoms with E-state index in [1.807, 2.05) is 61.9 Å². The normalized spacial score (nSPS) is 13.8. The largest absolute Gasteiger partial charge is 0.457 e. The van der Waals surface area contributed by atoms with Crippen molar-refractivity contribution in [1.82, 2.24) is 9.78 Å². The molecule has 1 aliphatic carbocycles. The molecule has 0 atom stereocenters. The maximum absolute atomic E-state index is 12.1. The highest BCUT2D eigenvalue weighted by molar-refractivity contribution is 5.97. The minimum Gasteiger partial charge on any atom is -0.457 e. The number of ketones is 1. The van der Waals surface area contributed by atoms with Crippen LogP contribution in [-0.4, -0.2) is 15.6 Å². The second-order valence-corrected chi connectivity index (χ2v) is 6.16. The molecule has 25 heavy (non-hydrogen) atoms. The van der Waals surface area contributed by atoms with E-state index < -0.39 is 0 Å². The Bertz CT molecular complexity index is 969. The second kappa shape index (κ2) is 6.40. The van der Waals surface area contributed by atoms with Crippen LogP contribution in [0, 0.1) is 0 Å². The third kappa shape index (κ3) is 3.24. The van der Waals surface area contributed by atoms with Gasteiger partial charge >= 0.3 is 0 Å². The van der Waals surface area contributed by atoms with Crippen LogP contribution in [0.2, 0.25) is 0 Å². The molecule has 0 bridgehead atoms. The van der Waals surface area contributed by atoms with Crippen molar-refractivity contribution in [3.63, 3.8) is 0 Å². The molecule has 4 heteroatoms. The van der Waals surface area contributed by atoms with E-state index in [4.69, 9.17) is 4.74 Å². The summed E-state index contributed by atoms with van der Waals surface area (Å²) in [6, 6.07) is 15.9. The Morgan fingerprint density at radius 2 is 1.92 bits per heavy atom. The van der Waals surface area contributed by atoms with Crippen molar-refractivity contribution in [1.29, 1.82) is 0 Å². The van der Waals surface area contributed by atoms with Crippen molar-refractivity contribution < 1.29 is 9.53 Å². The number of aromatic nitrogens is 2. The molecule has 0 amide bonds. The van der Waals surface area contributed by atoms with Gasteiger partial charge in [-0.05, 0) is 29.7 Å². The van der Waals surface area contributed by atoms with Crippen LogP contribution in [0.4, 0.5) is 0 Å². The quantitative estimate of drug-likeness (QED) is 0.728. The van der Waals surface area contributed by atoms with Gasteiger partial charge in [-0.3, -0.25) is 9.48 Å². The molecule has 0 saturated carbocycles. The Kier molecular flexibility index (Phi) is 3.94. The van der Waals surface area contributed by atoms with Gasteiger partial charge in [-0.2, -0.15) is 5.10 Å². The van der Waals surface area contributed by atoms with Crippen LogP contribution in [0.15, 0.2) is 67.0 Å². The van der Waals surface area contributed by atoms with Gasteiger partial charge in [0.2, 0.25) is 0 Å². The lowest BCUT2D eigenvalue weighted by atomic mass is 10.0. The first-order valence-corrected chi connectivity index (χ1v) is 8.29. The first kappa shape index (κ1) is 15.4. The van der Waals surface area contributed by atoms with Crippen LogP contribution in [0.1, 0.15) is 17.5 Å². The molecule has 0 unspecified atom stereocenters. The number of allylic oxidation sites excluding steroid dienone is 1. The van der Waals surface area contributed by atoms with E-state index in [0.29, 0.717) is 17.9 Å². The van der Waals surface area contributed by atoms with Gasteiger partial charge in [0.15, 0.2) is 5.78 Å². The molecule has 2 aromatic carbocycles. The van der Waals surface area contributed by atoms with Crippen LogP contribution < -0.4 is 4.74 Å². The summed E-state index contributed by atoms with van der Waals surface area (Å²) in [5.74, 6) is 1.41. The molecule has 4 rings (SSSR count). The number of ether oxygens (including phenoxy) is 1. The number of aryl methyl sites for hydroxylation is 2. The molecule has 0 saturated heterocycles. The van der Waals surface area contributed by atoms with Crippen molar-refractivity contribution in [2.45, 2.75) is 12.8 Å². The van der Waals surface area contributed by atoms with Gasteiger partial charge in [-0.25, -0.2) is 0 Å². The molecule has 0 radical (unpaired) electrons. The summed E-state index contributed by atoms with van der Waals surface area (Å²) >= 11 is 0. The fourth-order valence-electron chi connectivity index (χ4n) is 3.05. The van der Waals surface area contributed by atoms with Gasteiger partial charge in [0.1, 0.15) is 11.5 Å². The summed E-state index contributed by atoms with van der Waals surface area (Å²) in [6.07, 6.45) is 6.65. The Balaban J connectivity index is 1.69. The van der Waals surface area contributed by atoms with E-state index in [2.05, 4.69) is 11.2 Å². The molecule has 0 aliphatic heterocycles. The number of carbonyl (C=O) groups excluding carboxylic acids is 1. The van der Waals surface area contributed by atoms with Gasteiger partial charge in [0.25, 0.3) is 0 Å². The summed E-state index contributed by atoms with van der Waals surface area (Å²) < 4.78 is 7.88. The molecule has 124 valence electrons. The number of rotatable bonds is 3. The Labute approximate surface area is 146 Å². The summed E-state index contributed by atoms with van der Waals surface area (Å²) in [4.78, 5) is 12.1. The van der Waals surface area contributed by atoms with Crippen molar-refractivity contribution >= 4 is 11.5 Å². The third-order valence-electron chi connectivity index (χ3n) is 4.32. The summed E-state index contributed by atoms with van der Waals surface area (Å²) in [5, 5.41) is 4.21. The molecule has 0 spiro atoms. The molecule has 3 aromatic rings. The number of hydrogen-bond donors (Lipinski definition) is 0. The molecule has 0 N–H and O–H groups in total. The number of hydrogen-bond acceptors (Lipinski definition) is 3. The van der Waals surface area contributed by atoms with Crippen LogP contribution in [0.25, 0.3) is 16.9 Å². The number of benzene rings is 2. The minimum atomic E-state index is 0.0922. The first-order valence-electron chi connectivity index (χ1n) is 8.29. The molecule has 4 nitrogen and oxygen atoms in total. The van der Waals surface area contributed by atoms with E-state index >= 15 is 0 Å². The van der Waals surface area contributed by atoms with E-state index in [1.165, 1.54) is 0 Å². The predicted molar refractivity (Wildman–Crippen MR) is 97.0 cm³/mol. The minimum absolute atomic E-state index is 0.0922. The molecule has 1 heterocycles. The average molecular weight is 330 g/mol. The highest BCUT2D eigenvalue weighted by Gasteiger charge is 2.17. The molecule has 1 aliphatic rings. The predicted octanol–water partition coefficient (Wildman–Crippen LogP) is 4.02. The zero-order chi connectivity index (χ0) is 17.2. The fourth-order valence-corrected chi connectivity index (χ4v) is 3.05. The Morgan fingerprint density at radius 1 is 1.04 bits per heavy atom. The Hall–Kier alpha value is -3.14. The summed E-state index contributed by atoms with van der Waals surface area (Å²) in [7, 11) is 1.89. The van der Waals surface area contributed by atoms with Crippen LogP contribution in [0.3, 0.4) is 0 Å². The highest BCUT2D eigenvalue weighted by atomic mass is 16.5. The van der Waals surface area contributed by atoms with Crippen LogP contribution >= 0.6 is 0 Å². The molecule has 1 aromatic heterocycles. The van der Waals surface area contributed by atoms with Crippen molar-refractivity contribution in [2.24, 2.45) is 7.05 Å². The van der Waals surface area contributed by atoms with Gasteiger partial charge in [-0.15, -0.1) is 0 Å².